The van der Waals surface area contributed by atoms with Gasteiger partial charge in [-0.3, -0.25) is 9.69 Å². The highest BCUT2D eigenvalue weighted by Gasteiger charge is 2.29. The molecule has 158 valence electrons. The molecule has 0 radical (unpaired) electrons. The molecule has 2 aromatic heterocycles. The van der Waals surface area contributed by atoms with Gasteiger partial charge in [0.25, 0.3) is 0 Å². The number of aromatic nitrogens is 2. The number of piperidine rings is 1. The van der Waals surface area contributed by atoms with Crippen LogP contribution >= 0.6 is 11.3 Å². The fraction of sp³-hybridized carbons (Fsp3) is 0.435. The van der Waals surface area contributed by atoms with Crippen molar-refractivity contribution in [1.82, 2.24) is 19.9 Å². The maximum Gasteiger partial charge on any atom is 0.246 e. The van der Waals surface area contributed by atoms with E-state index in [0.717, 1.165) is 37.4 Å². The molecule has 1 aliphatic rings. The standard InChI is InChI=1S/C23H28N4O2S/c1-3-27(16-21-24-22(25-29-21)20-9-6-14-30-20)23(28)18-10-12-26(13-11-18)15-19-8-5-4-7-17(19)2/h4-9,14,18H,3,10-13,15-16H2,1-2H3. The van der Waals surface area contributed by atoms with Gasteiger partial charge in [-0.2, -0.15) is 4.98 Å². The largest absolute Gasteiger partial charge is 0.337 e. The summed E-state index contributed by atoms with van der Waals surface area (Å²) in [7, 11) is 0. The first-order valence-electron chi connectivity index (χ1n) is 10.6. The first kappa shape index (κ1) is 20.8. The molecule has 0 bridgehead atoms. The summed E-state index contributed by atoms with van der Waals surface area (Å²) < 4.78 is 5.40. The van der Waals surface area contributed by atoms with Crippen molar-refractivity contribution in [2.24, 2.45) is 5.92 Å². The molecule has 1 saturated heterocycles. The van der Waals surface area contributed by atoms with E-state index >= 15 is 0 Å². The van der Waals surface area contributed by atoms with Crippen LogP contribution in [0.5, 0.6) is 0 Å². The van der Waals surface area contributed by atoms with E-state index in [-0.39, 0.29) is 11.8 Å². The highest BCUT2D eigenvalue weighted by Crippen LogP contribution is 2.24. The summed E-state index contributed by atoms with van der Waals surface area (Å²) >= 11 is 1.57. The van der Waals surface area contributed by atoms with E-state index < -0.39 is 0 Å². The molecule has 1 amide bonds. The van der Waals surface area contributed by atoms with Crippen LogP contribution in [-0.4, -0.2) is 45.5 Å². The summed E-state index contributed by atoms with van der Waals surface area (Å²) in [5.41, 5.74) is 2.70. The first-order valence-corrected chi connectivity index (χ1v) is 11.4. The van der Waals surface area contributed by atoms with Gasteiger partial charge in [0, 0.05) is 19.0 Å². The van der Waals surface area contributed by atoms with Crippen LogP contribution in [0.4, 0.5) is 0 Å². The van der Waals surface area contributed by atoms with E-state index in [0.29, 0.717) is 24.8 Å². The molecular weight excluding hydrogens is 396 g/mol. The van der Waals surface area contributed by atoms with Gasteiger partial charge in [-0.1, -0.05) is 35.5 Å². The average Bonchev–Trinajstić information content (AvgIpc) is 3.46. The van der Waals surface area contributed by atoms with Gasteiger partial charge in [0.2, 0.25) is 17.6 Å². The summed E-state index contributed by atoms with van der Waals surface area (Å²) in [6.45, 7) is 8.03. The summed E-state index contributed by atoms with van der Waals surface area (Å²) in [5.74, 6) is 1.35. The van der Waals surface area contributed by atoms with Gasteiger partial charge in [0.1, 0.15) is 0 Å². The summed E-state index contributed by atoms with van der Waals surface area (Å²) in [5, 5.41) is 6.04. The average molecular weight is 425 g/mol. The number of carbonyl (C=O) groups is 1. The Hall–Kier alpha value is -2.51. The summed E-state index contributed by atoms with van der Waals surface area (Å²) in [6, 6.07) is 12.5. The minimum atomic E-state index is 0.0674. The molecule has 0 N–H and O–H groups in total. The zero-order valence-corrected chi connectivity index (χ0v) is 18.4. The Kier molecular flexibility index (Phi) is 6.59. The maximum absolute atomic E-state index is 13.1. The molecule has 7 heteroatoms. The SMILES string of the molecule is CCN(Cc1nc(-c2cccs2)no1)C(=O)C1CCN(Cc2ccccc2C)CC1. The van der Waals surface area contributed by atoms with Crippen LogP contribution in [0.3, 0.4) is 0 Å². The highest BCUT2D eigenvalue weighted by atomic mass is 32.1. The molecular formula is C23H28N4O2S. The van der Waals surface area contributed by atoms with Crippen molar-refractivity contribution in [2.45, 2.75) is 39.8 Å². The van der Waals surface area contributed by atoms with Crippen molar-refractivity contribution in [3.05, 3.63) is 58.8 Å². The first-order chi connectivity index (χ1) is 14.6. The van der Waals surface area contributed by atoms with Crippen LogP contribution in [0.1, 0.15) is 36.8 Å². The molecule has 0 saturated carbocycles. The Balaban J connectivity index is 1.32. The second-order valence-electron chi connectivity index (χ2n) is 7.82. The zero-order valence-electron chi connectivity index (χ0n) is 17.6. The Morgan fingerprint density at radius 1 is 1.23 bits per heavy atom. The van der Waals surface area contributed by atoms with E-state index in [4.69, 9.17) is 4.52 Å². The third-order valence-corrected chi connectivity index (χ3v) is 6.69. The Morgan fingerprint density at radius 3 is 2.73 bits per heavy atom. The second kappa shape index (κ2) is 9.53. The van der Waals surface area contributed by atoms with Crippen molar-refractivity contribution in [3.63, 3.8) is 0 Å². The Bertz CT molecular complexity index is 961. The summed E-state index contributed by atoms with van der Waals surface area (Å²) in [4.78, 5) is 22.8. The van der Waals surface area contributed by atoms with Gasteiger partial charge in [-0.15, -0.1) is 11.3 Å². The van der Waals surface area contributed by atoms with E-state index in [1.807, 2.05) is 29.3 Å². The topological polar surface area (TPSA) is 62.5 Å². The van der Waals surface area contributed by atoms with Crippen LogP contribution in [-0.2, 0) is 17.9 Å². The molecule has 0 spiro atoms. The van der Waals surface area contributed by atoms with Gasteiger partial charge in [0.15, 0.2) is 0 Å². The van der Waals surface area contributed by atoms with E-state index in [9.17, 15) is 4.79 Å². The zero-order chi connectivity index (χ0) is 20.9. The fourth-order valence-corrected chi connectivity index (χ4v) is 4.61. The number of likely N-dealkylation sites (tertiary alicyclic amines) is 1. The normalized spacial score (nSPS) is 15.4. The van der Waals surface area contributed by atoms with Crippen molar-refractivity contribution in [2.75, 3.05) is 19.6 Å². The number of hydrogen-bond acceptors (Lipinski definition) is 6. The van der Waals surface area contributed by atoms with Crippen LogP contribution in [0.25, 0.3) is 10.7 Å². The quantitative estimate of drug-likeness (QED) is 0.564. The van der Waals surface area contributed by atoms with Crippen molar-refractivity contribution in [3.8, 4) is 10.7 Å². The number of rotatable bonds is 7. The van der Waals surface area contributed by atoms with Crippen molar-refractivity contribution >= 4 is 17.2 Å². The third-order valence-electron chi connectivity index (χ3n) is 5.82. The van der Waals surface area contributed by atoms with Crippen molar-refractivity contribution in [1.29, 1.82) is 0 Å². The van der Waals surface area contributed by atoms with Crippen molar-refractivity contribution < 1.29 is 9.32 Å². The van der Waals surface area contributed by atoms with Gasteiger partial charge in [-0.05, 0) is 62.4 Å². The number of benzene rings is 1. The van der Waals surface area contributed by atoms with Gasteiger partial charge in [0.05, 0.1) is 11.4 Å². The second-order valence-corrected chi connectivity index (χ2v) is 8.77. The lowest BCUT2D eigenvalue weighted by molar-refractivity contribution is -0.137. The number of amides is 1. The molecule has 30 heavy (non-hydrogen) atoms. The number of aryl methyl sites for hydroxylation is 1. The Labute approximate surface area is 181 Å². The van der Waals surface area contributed by atoms with Crippen LogP contribution in [0.2, 0.25) is 0 Å². The monoisotopic (exact) mass is 424 g/mol. The molecule has 6 nitrogen and oxygen atoms in total. The lowest BCUT2D eigenvalue weighted by Crippen LogP contribution is -2.42. The van der Waals surface area contributed by atoms with E-state index in [1.165, 1.54) is 11.1 Å². The van der Waals surface area contributed by atoms with E-state index in [1.54, 1.807) is 11.3 Å². The lowest BCUT2D eigenvalue weighted by Gasteiger charge is -2.33. The van der Waals surface area contributed by atoms with E-state index in [2.05, 4.69) is 46.2 Å². The lowest BCUT2D eigenvalue weighted by atomic mass is 9.94. The number of nitrogens with zero attached hydrogens (tertiary/aromatic N) is 4. The highest BCUT2D eigenvalue weighted by molar-refractivity contribution is 7.13. The number of thiophene rings is 1. The van der Waals surface area contributed by atoms with Gasteiger partial charge < -0.3 is 9.42 Å². The Morgan fingerprint density at radius 2 is 2.03 bits per heavy atom. The summed E-state index contributed by atoms with van der Waals surface area (Å²) in [6.07, 6.45) is 1.79. The predicted octanol–water partition coefficient (Wildman–Crippen LogP) is 4.37. The molecule has 0 aliphatic carbocycles. The maximum atomic E-state index is 13.1. The number of carbonyl (C=O) groups excluding carboxylic acids is 1. The molecule has 0 unspecified atom stereocenters. The van der Waals surface area contributed by atoms with Gasteiger partial charge >= 0.3 is 0 Å². The van der Waals surface area contributed by atoms with Crippen LogP contribution in [0, 0.1) is 12.8 Å². The molecule has 3 aromatic rings. The van der Waals surface area contributed by atoms with Gasteiger partial charge in [-0.25, -0.2) is 0 Å². The van der Waals surface area contributed by atoms with Crippen LogP contribution < -0.4 is 0 Å². The number of hydrogen-bond donors (Lipinski definition) is 0. The molecule has 1 aromatic carbocycles. The molecule has 4 rings (SSSR count). The fourth-order valence-electron chi connectivity index (χ4n) is 3.96. The molecule has 3 heterocycles. The predicted molar refractivity (Wildman–Crippen MR) is 118 cm³/mol. The molecule has 0 atom stereocenters. The smallest absolute Gasteiger partial charge is 0.246 e. The molecule has 1 fully saturated rings. The minimum absolute atomic E-state index is 0.0674. The molecule has 1 aliphatic heterocycles. The third kappa shape index (κ3) is 4.79. The van der Waals surface area contributed by atoms with Crippen LogP contribution in [0.15, 0.2) is 46.3 Å². The minimum Gasteiger partial charge on any atom is -0.337 e.